The van der Waals surface area contributed by atoms with Gasteiger partial charge in [0.05, 0.1) is 13.2 Å². The molecule has 1 aliphatic heterocycles. The van der Waals surface area contributed by atoms with Crippen LogP contribution in [0.3, 0.4) is 0 Å². The summed E-state index contributed by atoms with van der Waals surface area (Å²) in [5, 5.41) is 7.22. The van der Waals surface area contributed by atoms with Crippen molar-refractivity contribution in [2.45, 2.75) is 64.0 Å². The Morgan fingerprint density at radius 1 is 1.16 bits per heavy atom. The van der Waals surface area contributed by atoms with Crippen LogP contribution < -0.4 is 10.6 Å². The predicted molar refractivity (Wildman–Crippen MR) is 115 cm³/mol. The lowest BCUT2D eigenvalue weighted by molar-refractivity contribution is -0.00834. The minimum Gasteiger partial charge on any atom is -0.379 e. The Morgan fingerprint density at radius 3 is 2.48 bits per heavy atom. The number of guanidine groups is 1. The van der Waals surface area contributed by atoms with Crippen molar-refractivity contribution in [3.8, 4) is 0 Å². The lowest BCUT2D eigenvalue weighted by Crippen LogP contribution is -2.56. The molecular formula is C19H37IN4O. The fourth-order valence-corrected chi connectivity index (χ4v) is 4.41. The first-order valence-electron chi connectivity index (χ1n) is 9.90. The number of aliphatic imine (C=N–C) groups is 1. The van der Waals surface area contributed by atoms with Crippen molar-refractivity contribution >= 4 is 29.9 Å². The lowest BCUT2D eigenvalue weighted by Gasteiger charge is -2.41. The third kappa shape index (κ3) is 5.96. The van der Waals surface area contributed by atoms with Gasteiger partial charge in [0.2, 0.25) is 0 Å². The van der Waals surface area contributed by atoms with E-state index >= 15 is 0 Å². The molecule has 2 atom stereocenters. The maximum absolute atomic E-state index is 5.47. The minimum atomic E-state index is 0. The maximum atomic E-state index is 5.47. The van der Waals surface area contributed by atoms with Gasteiger partial charge in [0.1, 0.15) is 0 Å². The molecule has 0 aromatic heterocycles. The van der Waals surface area contributed by atoms with Crippen LogP contribution in [0.15, 0.2) is 4.99 Å². The number of nitrogens with zero attached hydrogens (tertiary/aromatic N) is 2. The fourth-order valence-electron chi connectivity index (χ4n) is 4.41. The van der Waals surface area contributed by atoms with Crippen LogP contribution in [-0.2, 0) is 4.74 Å². The summed E-state index contributed by atoms with van der Waals surface area (Å²) in [6, 6.07) is 0.644. The third-order valence-electron chi connectivity index (χ3n) is 6.20. The van der Waals surface area contributed by atoms with E-state index in [9.17, 15) is 0 Å². The molecule has 25 heavy (non-hydrogen) atoms. The summed E-state index contributed by atoms with van der Waals surface area (Å²) in [7, 11) is 1.88. The van der Waals surface area contributed by atoms with Crippen LogP contribution in [-0.4, -0.2) is 62.3 Å². The molecule has 1 heterocycles. The summed E-state index contributed by atoms with van der Waals surface area (Å²) in [4.78, 5) is 6.96. The van der Waals surface area contributed by atoms with E-state index in [2.05, 4.69) is 34.4 Å². The van der Waals surface area contributed by atoms with Gasteiger partial charge in [-0.15, -0.1) is 24.0 Å². The van der Waals surface area contributed by atoms with Gasteiger partial charge in [0, 0.05) is 38.3 Å². The van der Waals surface area contributed by atoms with Crippen LogP contribution in [0.25, 0.3) is 0 Å². The van der Waals surface area contributed by atoms with Crippen molar-refractivity contribution in [2.24, 2.45) is 16.8 Å². The van der Waals surface area contributed by atoms with E-state index in [0.717, 1.165) is 50.6 Å². The van der Waals surface area contributed by atoms with Gasteiger partial charge < -0.3 is 15.4 Å². The molecule has 0 bridgehead atoms. The highest BCUT2D eigenvalue weighted by atomic mass is 127. The first-order chi connectivity index (χ1) is 11.6. The molecule has 0 aromatic rings. The van der Waals surface area contributed by atoms with Crippen LogP contribution in [0, 0.1) is 11.8 Å². The Hall–Kier alpha value is -0.0800. The molecule has 1 saturated heterocycles. The SMILES string of the molecule is CN=C(NCC(C)(C)N1CCOCC1)NC1CC1C1CCCCC1.I. The number of hydrogen-bond acceptors (Lipinski definition) is 3. The summed E-state index contributed by atoms with van der Waals surface area (Å²) in [6.07, 6.45) is 8.54. The largest absolute Gasteiger partial charge is 0.379 e. The van der Waals surface area contributed by atoms with Gasteiger partial charge in [-0.1, -0.05) is 32.1 Å². The number of nitrogens with one attached hydrogen (secondary N) is 2. The second-order valence-corrected chi connectivity index (χ2v) is 8.39. The molecule has 2 aliphatic carbocycles. The smallest absolute Gasteiger partial charge is 0.191 e. The molecule has 6 heteroatoms. The molecule has 0 spiro atoms. The Balaban J connectivity index is 0.00000225. The predicted octanol–water partition coefficient (Wildman–Crippen LogP) is 2.85. The van der Waals surface area contributed by atoms with Crippen molar-refractivity contribution in [1.29, 1.82) is 0 Å². The molecule has 2 unspecified atom stereocenters. The summed E-state index contributed by atoms with van der Waals surface area (Å²) in [6.45, 7) is 9.26. The molecule has 146 valence electrons. The Morgan fingerprint density at radius 2 is 1.84 bits per heavy atom. The van der Waals surface area contributed by atoms with Gasteiger partial charge in [0.15, 0.2) is 5.96 Å². The Kier molecular flexibility index (Phi) is 8.27. The highest BCUT2D eigenvalue weighted by molar-refractivity contribution is 14.0. The van der Waals surface area contributed by atoms with E-state index in [1.54, 1.807) is 0 Å². The summed E-state index contributed by atoms with van der Waals surface area (Å²) >= 11 is 0. The average Bonchev–Trinajstić information content (AvgIpc) is 3.39. The number of halogens is 1. The van der Waals surface area contributed by atoms with Crippen LogP contribution >= 0.6 is 24.0 Å². The number of hydrogen-bond donors (Lipinski definition) is 2. The topological polar surface area (TPSA) is 48.9 Å². The van der Waals surface area contributed by atoms with Gasteiger partial charge in [-0.3, -0.25) is 9.89 Å². The van der Waals surface area contributed by atoms with Crippen molar-refractivity contribution in [3.63, 3.8) is 0 Å². The molecular weight excluding hydrogens is 427 g/mol. The molecule has 2 N–H and O–H groups in total. The number of ether oxygens (including phenoxy) is 1. The highest BCUT2D eigenvalue weighted by Crippen LogP contribution is 2.44. The zero-order valence-electron chi connectivity index (χ0n) is 16.2. The summed E-state index contributed by atoms with van der Waals surface area (Å²) < 4.78 is 5.47. The van der Waals surface area contributed by atoms with Crippen LogP contribution in [0.1, 0.15) is 52.4 Å². The van der Waals surface area contributed by atoms with E-state index in [1.165, 1.54) is 38.5 Å². The molecule has 0 radical (unpaired) electrons. The van der Waals surface area contributed by atoms with Gasteiger partial charge in [-0.05, 0) is 32.1 Å². The van der Waals surface area contributed by atoms with Crippen molar-refractivity contribution in [3.05, 3.63) is 0 Å². The first-order valence-corrected chi connectivity index (χ1v) is 9.90. The molecule has 3 aliphatic rings. The van der Waals surface area contributed by atoms with E-state index < -0.39 is 0 Å². The Bertz CT molecular complexity index is 431. The average molecular weight is 464 g/mol. The van der Waals surface area contributed by atoms with E-state index in [1.807, 2.05) is 7.05 Å². The van der Waals surface area contributed by atoms with Crippen molar-refractivity contribution in [2.75, 3.05) is 39.9 Å². The molecule has 5 nitrogen and oxygen atoms in total. The van der Waals surface area contributed by atoms with Gasteiger partial charge >= 0.3 is 0 Å². The minimum absolute atomic E-state index is 0. The van der Waals surface area contributed by atoms with E-state index in [-0.39, 0.29) is 29.5 Å². The second-order valence-electron chi connectivity index (χ2n) is 8.39. The molecule has 3 rings (SSSR count). The third-order valence-corrected chi connectivity index (χ3v) is 6.20. The van der Waals surface area contributed by atoms with E-state index in [4.69, 9.17) is 4.74 Å². The maximum Gasteiger partial charge on any atom is 0.191 e. The molecule has 3 fully saturated rings. The van der Waals surface area contributed by atoms with Crippen molar-refractivity contribution < 1.29 is 4.74 Å². The zero-order chi connectivity index (χ0) is 17.0. The van der Waals surface area contributed by atoms with Crippen LogP contribution in [0.2, 0.25) is 0 Å². The Labute approximate surface area is 170 Å². The van der Waals surface area contributed by atoms with Gasteiger partial charge in [-0.25, -0.2) is 0 Å². The summed E-state index contributed by atoms with van der Waals surface area (Å²) in [5.41, 5.74) is 0.119. The molecule has 2 saturated carbocycles. The first kappa shape index (κ1) is 21.2. The summed E-state index contributed by atoms with van der Waals surface area (Å²) in [5.74, 6) is 2.81. The normalized spacial score (nSPS) is 29.0. The second kappa shape index (κ2) is 9.74. The molecule has 0 aromatic carbocycles. The van der Waals surface area contributed by atoms with Gasteiger partial charge in [0.25, 0.3) is 0 Å². The highest BCUT2D eigenvalue weighted by Gasteiger charge is 2.43. The van der Waals surface area contributed by atoms with Crippen LogP contribution in [0.4, 0.5) is 0 Å². The van der Waals surface area contributed by atoms with Crippen molar-refractivity contribution in [1.82, 2.24) is 15.5 Å². The van der Waals surface area contributed by atoms with Gasteiger partial charge in [-0.2, -0.15) is 0 Å². The molecule has 0 amide bonds. The van der Waals surface area contributed by atoms with E-state index in [0.29, 0.717) is 6.04 Å². The fraction of sp³-hybridized carbons (Fsp3) is 0.947. The monoisotopic (exact) mass is 464 g/mol. The lowest BCUT2D eigenvalue weighted by atomic mass is 9.85. The standard InChI is InChI=1S/C19H36N4O.HI/c1-19(2,23-9-11-24-12-10-23)14-21-18(20-3)22-17-13-16(17)15-7-5-4-6-8-15;/h15-17H,4-14H2,1-3H3,(H2,20,21,22);1H. The number of rotatable bonds is 5. The van der Waals surface area contributed by atoms with Crippen LogP contribution in [0.5, 0.6) is 0 Å². The zero-order valence-corrected chi connectivity index (χ0v) is 18.6. The number of morpholine rings is 1. The quantitative estimate of drug-likeness (QED) is 0.373.